The van der Waals surface area contributed by atoms with Crippen molar-refractivity contribution in [1.82, 2.24) is 20.7 Å². The fraction of sp³-hybridized carbons (Fsp3) is 0.895. The van der Waals surface area contributed by atoms with Gasteiger partial charge in [0, 0.05) is 26.1 Å². The van der Waals surface area contributed by atoms with Crippen molar-refractivity contribution in [2.24, 2.45) is 5.92 Å². The number of amides is 2. The van der Waals surface area contributed by atoms with Gasteiger partial charge in [0.1, 0.15) is 6.10 Å². The van der Waals surface area contributed by atoms with Crippen molar-refractivity contribution in [1.29, 1.82) is 0 Å². The van der Waals surface area contributed by atoms with Gasteiger partial charge in [0.2, 0.25) is 5.91 Å². The van der Waals surface area contributed by atoms with Crippen molar-refractivity contribution in [3.05, 3.63) is 0 Å². The van der Waals surface area contributed by atoms with Crippen LogP contribution in [0.4, 0.5) is 0 Å². The molecule has 27 heavy (non-hydrogen) atoms. The highest BCUT2D eigenvalue weighted by Gasteiger charge is 2.49. The molecule has 0 aromatic rings. The molecule has 3 aliphatic heterocycles. The number of ether oxygens (including phenoxy) is 1. The summed E-state index contributed by atoms with van der Waals surface area (Å²) in [7, 11) is 0. The molecule has 6 unspecified atom stereocenters. The summed E-state index contributed by atoms with van der Waals surface area (Å²) in [5.74, 6) is 0.760. The molecule has 0 aromatic heterocycles. The lowest BCUT2D eigenvalue weighted by Gasteiger charge is -2.54. The highest BCUT2D eigenvalue weighted by Crippen LogP contribution is 2.41. The monoisotopic (exact) mass is 396 g/mol. The van der Waals surface area contributed by atoms with E-state index in [9.17, 15) is 9.59 Å². The third kappa shape index (κ3) is 3.73. The fourth-order valence-corrected chi connectivity index (χ4v) is 6.58. The molecule has 4 aliphatic rings. The number of hydrogen-bond donors (Lipinski definition) is 2. The molecule has 0 radical (unpaired) electrons. The second-order valence-corrected chi connectivity index (χ2v) is 9.95. The standard InChI is InChI=1S/C19H32N4O3S/c1-11-10-22(19(25)17-5-4-8-26-17)16-9-14(18-21-20-12(2)27-18)6-7-15(16)23(11)13(3)24/h11-12,14-18,20-21H,4-10H2,1-3H3/t11-,12?,14?,15?,16?,17?,18?/m0/s1. The molecule has 2 amide bonds. The summed E-state index contributed by atoms with van der Waals surface area (Å²) in [4.78, 5) is 29.7. The molecule has 0 bridgehead atoms. The predicted octanol–water partition coefficient (Wildman–Crippen LogP) is 1.30. The number of carbonyl (C=O) groups is 2. The maximum atomic E-state index is 13.2. The number of hydrogen-bond acceptors (Lipinski definition) is 6. The van der Waals surface area contributed by atoms with Crippen LogP contribution in [0.2, 0.25) is 0 Å². The van der Waals surface area contributed by atoms with Crippen molar-refractivity contribution in [3.63, 3.8) is 0 Å². The number of hydrazine groups is 1. The zero-order valence-corrected chi connectivity index (χ0v) is 17.3. The Morgan fingerprint density at radius 1 is 1.11 bits per heavy atom. The number of carbonyl (C=O) groups excluding carboxylic acids is 2. The quantitative estimate of drug-likeness (QED) is 0.733. The van der Waals surface area contributed by atoms with Crippen LogP contribution in [0, 0.1) is 5.92 Å². The number of fused-ring (bicyclic) bond motifs is 1. The Morgan fingerprint density at radius 2 is 1.93 bits per heavy atom. The Labute approximate surface area is 165 Å². The molecule has 2 N–H and O–H groups in total. The zero-order chi connectivity index (χ0) is 19.1. The summed E-state index contributed by atoms with van der Waals surface area (Å²) >= 11 is 1.92. The Morgan fingerprint density at radius 3 is 2.56 bits per heavy atom. The summed E-state index contributed by atoms with van der Waals surface area (Å²) in [6, 6.07) is 0.287. The van der Waals surface area contributed by atoms with Crippen LogP contribution in [0.15, 0.2) is 0 Å². The van der Waals surface area contributed by atoms with Gasteiger partial charge in [0.25, 0.3) is 5.91 Å². The zero-order valence-electron chi connectivity index (χ0n) is 16.5. The van der Waals surface area contributed by atoms with Crippen LogP contribution in [0.25, 0.3) is 0 Å². The molecule has 4 fully saturated rings. The van der Waals surface area contributed by atoms with Crippen molar-refractivity contribution < 1.29 is 14.3 Å². The van der Waals surface area contributed by atoms with Crippen LogP contribution in [0.3, 0.4) is 0 Å². The first kappa shape index (κ1) is 19.5. The van der Waals surface area contributed by atoms with Crippen LogP contribution in [-0.2, 0) is 14.3 Å². The average molecular weight is 397 g/mol. The van der Waals surface area contributed by atoms with Crippen LogP contribution >= 0.6 is 11.8 Å². The van der Waals surface area contributed by atoms with Crippen LogP contribution in [-0.4, -0.2) is 69.7 Å². The van der Waals surface area contributed by atoms with E-state index in [1.165, 1.54) is 0 Å². The molecule has 0 aromatic carbocycles. The lowest BCUT2D eigenvalue weighted by Crippen LogP contribution is -2.68. The average Bonchev–Trinajstić information content (AvgIpc) is 3.31. The number of nitrogens with one attached hydrogen (secondary N) is 2. The van der Waals surface area contributed by atoms with Crippen LogP contribution in [0.5, 0.6) is 0 Å². The van der Waals surface area contributed by atoms with E-state index in [2.05, 4.69) is 29.6 Å². The Balaban J connectivity index is 1.55. The summed E-state index contributed by atoms with van der Waals surface area (Å²) in [5, 5.41) is 0.767. The van der Waals surface area contributed by atoms with Gasteiger partial charge in [0.05, 0.1) is 22.8 Å². The van der Waals surface area contributed by atoms with E-state index in [-0.39, 0.29) is 36.0 Å². The number of nitrogens with zero attached hydrogens (tertiary/aromatic N) is 2. The van der Waals surface area contributed by atoms with Crippen molar-refractivity contribution >= 4 is 23.6 Å². The SMILES string of the molecule is CC(=O)N1C2CCC(C3NNC(C)S3)CC2N(C(=O)C2CCCO2)C[C@@H]1C. The van der Waals surface area contributed by atoms with Gasteiger partial charge < -0.3 is 14.5 Å². The van der Waals surface area contributed by atoms with Gasteiger partial charge in [-0.2, -0.15) is 0 Å². The van der Waals surface area contributed by atoms with Gasteiger partial charge in [-0.25, -0.2) is 10.9 Å². The van der Waals surface area contributed by atoms with Crippen molar-refractivity contribution in [3.8, 4) is 0 Å². The summed E-state index contributed by atoms with van der Waals surface area (Å²) in [6.07, 6.45) is 4.48. The molecule has 0 spiro atoms. The summed E-state index contributed by atoms with van der Waals surface area (Å²) in [6.45, 7) is 7.20. The smallest absolute Gasteiger partial charge is 0.252 e. The third-order valence-corrected chi connectivity index (χ3v) is 7.90. The minimum atomic E-state index is -0.289. The van der Waals surface area contributed by atoms with Crippen LogP contribution in [0.1, 0.15) is 52.9 Å². The van der Waals surface area contributed by atoms with E-state index in [4.69, 9.17) is 4.74 Å². The normalized spacial score (nSPS) is 42.3. The Hall–Kier alpha value is -0.830. The summed E-state index contributed by atoms with van der Waals surface area (Å²) < 4.78 is 5.70. The maximum absolute atomic E-state index is 13.2. The lowest BCUT2D eigenvalue weighted by molar-refractivity contribution is -0.160. The highest BCUT2D eigenvalue weighted by atomic mass is 32.2. The van der Waals surface area contributed by atoms with Crippen molar-refractivity contribution in [2.45, 2.75) is 87.9 Å². The third-order valence-electron chi connectivity index (χ3n) is 6.57. The highest BCUT2D eigenvalue weighted by molar-refractivity contribution is 8.00. The largest absolute Gasteiger partial charge is 0.368 e. The van der Waals surface area contributed by atoms with Gasteiger partial charge >= 0.3 is 0 Å². The molecule has 7 atom stereocenters. The molecule has 3 heterocycles. The molecule has 8 heteroatoms. The number of piperazine rings is 1. The van der Waals surface area contributed by atoms with Gasteiger partial charge in [-0.1, -0.05) is 0 Å². The van der Waals surface area contributed by atoms with Gasteiger partial charge in [-0.15, -0.1) is 11.8 Å². The molecule has 4 rings (SSSR count). The molecular formula is C19H32N4O3S. The summed E-state index contributed by atoms with van der Waals surface area (Å²) in [5.41, 5.74) is 6.72. The Kier molecular flexibility index (Phi) is 5.69. The maximum Gasteiger partial charge on any atom is 0.252 e. The second kappa shape index (κ2) is 7.89. The molecule has 1 aliphatic carbocycles. The number of thioether (sulfide) groups is 1. The minimum Gasteiger partial charge on any atom is -0.368 e. The molecule has 1 saturated carbocycles. The molecule has 152 valence electrons. The first-order chi connectivity index (χ1) is 13.0. The number of rotatable bonds is 2. The van der Waals surface area contributed by atoms with Gasteiger partial charge in [-0.3, -0.25) is 9.59 Å². The van der Waals surface area contributed by atoms with Crippen molar-refractivity contribution in [2.75, 3.05) is 13.2 Å². The predicted molar refractivity (Wildman–Crippen MR) is 105 cm³/mol. The first-order valence-corrected chi connectivity index (χ1v) is 11.3. The lowest BCUT2D eigenvalue weighted by atomic mass is 9.78. The Bertz CT molecular complexity index is 585. The van der Waals surface area contributed by atoms with E-state index >= 15 is 0 Å². The van der Waals surface area contributed by atoms with Gasteiger partial charge in [0.15, 0.2) is 0 Å². The van der Waals surface area contributed by atoms with E-state index in [1.54, 1.807) is 6.92 Å². The van der Waals surface area contributed by atoms with E-state index in [0.717, 1.165) is 32.1 Å². The van der Waals surface area contributed by atoms with E-state index < -0.39 is 0 Å². The van der Waals surface area contributed by atoms with E-state index in [0.29, 0.717) is 29.8 Å². The molecule has 7 nitrogen and oxygen atoms in total. The second-order valence-electron chi connectivity index (χ2n) is 8.46. The first-order valence-electron chi connectivity index (χ1n) is 10.3. The fourth-order valence-electron chi connectivity index (χ4n) is 5.40. The van der Waals surface area contributed by atoms with E-state index in [1.807, 2.05) is 16.7 Å². The van der Waals surface area contributed by atoms with Crippen LogP contribution < -0.4 is 10.9 Å². The van der Waals surface area contributed by atoms with Gasteiger partial charge in [-0.05, 0) is 51.9 Å². The molecular weight excluding hydrogens is 364 g/mol. The molecule has 3 saturated heterocycles. The topological polar surface area (TPSA) is 73.9 Å². The minimum absolute atomic E-state index is 0.0614.